The molecule has 0 fully saturated rings. The van der Waals surface area contributed by atoms with Gasteiger partial charge in [0.2, 0.25) is 0 Å². The average Bonchev–Trinajstić information content (AvgIpc) is 2.07. The van der Waals surface area contributed by atoms with E-state index < -0.39 is 0 Å². The molecule has 0 aliphatic carbocycles. The number of carbonyl (C=O) groups excluding carboxylic acids is 1. The third-order valence-corrected chi connectivity index (χ3v) is 1.53. The summed E-state index contributed by atoms with van der Waals surface area (Å²) in [6, 6.07) is 0. The Bertz CT molecular complexity index is 163. The van der Waals surface area contributed by atoms with E-state index in [1.807, 2.05) is 6.08 Å². The second-order valence-electron chi connectivity index (χ2n) is 2.39. The maximum atomic E-state index is 11.1. The molecule has 0 aromatic carbocycles. The molecule has 1 aliphatic heterocycles. The highest BCUT2D eigenvalue weighted by molar-refractivity contribution is 5.72. The fourth-order valence-electron chi connectivity index (χ4n) is 0.952. The normalized spacial score (nSPS) is 22.5. The van der Waals surface area contributed by atoms with Crippen LogP contribution in [0, 0.1) is 5.92 Å². The lowest BCUT2D eigenvalue weighted by Crippen LogP contribution is -2.23. The van der Waals surface area contributed by atoms with Gasteiger partial charge < -0.3 is 9.47 Å². The third kappa shape index (κ3) is 2.26. The van der Waals surface area contributed by atoms with Crippen LogP contribution in [0.1, 0.15) is 13.3 Å². The van der Waals surface area contributed by atoms with Crippen molar-refractivity contribution in [1.82, 2.24) is 0 Å². The molecule has 3 nitrogen and oxygen atoms in total. The fourth-order valence-corrected chi connectivity index (χ4v) is 0.952. The van der Waals surface area contributed by atoms with Crippen LogP contribution in [0.2, 0.25) is 0 Å². The molecule has 0 saturated carbocycles. The van der Waals surface area contributed by atoms with Crippen molar-refractivity contribution in [2.45, 2.75) is 13.3 Å². The van der Waals surface area contributed by atoms with Crippen molar-refractivity contribution >= 4 is 5.97 Å². The number of rotatable bonds is 2. The quantitative estimate of drug-likeness (QED) is 0.561. The van der Waals surface area contributed by atoms with E-state index in [1.165, 1.54) is 0 Å². The minimum absolute atomic E-state index is 0.0973. The van der Waals surface area contributed by atoms with E-state index in [0.717, 1.165) is 6.42 Å². The first-order valence-corrected chi connectivity index (χ1v) is 3.78. The molecule has 0 saturated heterocycles. The van der Waals surface area contributed by atoms with Gasteiger partial charge in [-0.05, 0) is 19.4 Å². The molecular formula is C8H12O3. The predicted octanol–water partition coefficient (Wildman–Crippen LogP) is 1.10. The van der Waals surface area contributed by atoms with E-state index in [4.69, 9.17) is 9.47 Å². The highest BCUT2D eigenvalue weighted by atomic mass is 16.5. The van der Waals surface area contributed by atoms with E-state index in [9.17, 15) is 4.79 Å². The Morgan fingerprint density at radius 3 is 3.18 bits per heavy atom. The topological polar surface area (TPSA) is 35.5 Å². The molecule has 62 valence electrons. The van der Waals surface area contributed by atoms with Gasteiger partial charge in [-0.15, -0.1) is 0 Å². The Hall–Kier alpha value is -0.990. The first-order chi connectivity index (χ1) is 5.34. The van der Waals surface area contributed by atoms with Crippen molar-refractivity contribution in [3.63, 3.8) is 0 Å². The molecule has 0 bridgehead atoms. The Labute approximate surface area is 66.0 Å². The zero-order valence-corrected chi connectivity index (χ0v) is 6.58. The van der Waals surface area contributed by atoms with E-state index in [2.05, 4.69) is 0 Å². The molecular weight excluding hydrogens is 144 g/mol. The zero-order valence-electron chi connectivity index (χ0n) is 6.58. The van der Waals surface area contributed by atoms with Gasteiger partial charge in [0.15, 0.2) is 0 Å². The predicted molar refractivity (Wildman–Crippen MR) is 39.8 cm³/mol. The first kappa shape index (κ1) is 8.11. The van der Waals surface area contributed by atoms with Crippen molar-refractivity contribution in [3.05, 3.63) is 12.3 Å². The lowest BCUT2D eigenvalue weighted by atomic mass is 10.1. The van der Waals surface area contributed by atoms with E-state index >= 15 is 0 Å². The molecule has 0 aromatic heterocycles. The zero-order chi connectivity index (χ0) is 8.10. The monoisotopic (exact) mass is 156 g/mol. The maximum absolute atomic E-state index is 11.1. The Balaban J connectivity index is 2.34. The highest BCUT2D eigenvalue weighted by Gasteiger charge is 2.20. The summed E-state index contributed by atoms with van der Waals surface area (Å²) in [5.41, 5.74) is 0. The maximum Gasteiger partial charge on any atom is 0.312 e. The summed E-state index contributed by atoms with van der Waals surface area (Å²) in [7, 11) is 0. The van der Waals surface area contributed by atoms with Crippen LogP contribution < -0.4 is 0 Å². The van der Waals surface area contributed by atoms with Crippen LogP contribution in [-0.2, 0) is 14.3 Å². The third-order valence-electron chi connectivity index (χ3n) is 1.53. The van der Waals surface area contributed by atoms with Crippen LogP contribution in [0.15, 0.2) is 12.3 Å². The van der Waals surface area contributed by atoms with Crippen molar-refractivity contribution < 1.29 is 14.3 Å². The molecule has 0 N–H and O–H groups in total. The molecule has 11 heavy (non-hydrogen) atoms. The summed E-state index contributed by atoms with van der Waals surface area (Å²) in [6.45, 7) is 2.70. The first-order valence-electron chi connectivity index (χ1n) is 3.78. The van der Waals surface area contributed by atoms with Crippen LogP contribution in [0.3, 0.4) is 0 Å². The molecule has 3 heteroatoms. The van der Waals surface area contributed by atoms with Gasteiger partial charge in [-0.1, -0.05) is 0 Å². The molecule has 0 aromatic rings. The van der Waals surface area contributed by atoms with Crippen LogP contribution in [-0.4, -0.2) is 19.2 Å². The van der Waals surface area contributed by atoms with Gasteiger partial charge >= 0.3 is 5.97 Å². The SMILES string of the molecule is CCOC(=O)C1CC=COC1. The second-order valence-corrected chi connectivity index (χ2v) is 2.39. The summed E-state index contributed by atoms with van der Waals surface area (Å²) >= 11 is 0. The van der Waals surface area contributed by atoms with E-state index in [-0.39, 0.29) is 11.9 Å². The molecule has 1 aliphatic rings. The second kappa shape index (κ2) is 4.01. The van der Waals surface area contributed by atoms with Gasteiger partial charge in [0.25, 0.3) is 0 Å². The lowest BCUT2D eigenvalue weighted by Gasteiger charge is -2.16. The Kier molecular flexibility index (Phi) is 2.95. The summed E-state index contributed by atoms with van der Waals surface area (Å²) in [6.07, 6.45) is 4.19. The number of esters is 1. The lowest BCUT2D eigenvalue weighted by molar-refractivity contribution is -0.149. The number of carbonyl (C=O) groups is 1. The minimum Gasteiger partial charge on any atom is -0.501 e. The molecule has 1 heterocycles. The summed E-state index contributed by atoms with van der Waals surface area (Å²) in [5, 5.41) is 0. The van der Waals surface area contributed by atoms with Crippen LogP contribution in [0.4, 0.5) is 0 Å². The van der Waals surface area contributed by atoms with Crippen molar-refractivity contribution in [2.24, 2.45) is 5.92 Å². The van der Waals surface area contributed by atoms with Crippen LogP contribution in [0.25, 0.3) is 0 Å². The summed E-state index contributed by atoms with van der Waals surface area (Å²) in [5.74, 6) is -0.253. The largest absolute Gasteiger partial charge is 0.501 e. The summed E-state index contributed by atoms with van der Waals surface area (Å²) < 4.78 is 9.80. The van der Waals surface area contributed by atoms with Crippen molar-refractivity contribution in [3.8, 4) is 0 Å². The molecule has 1 atom stereocenters. The molecule has 0 amide bonds. The van der Waals surface area contributed by atoms with Crippen molar-refractivity contribution in [1.29, 1.82) is 0 Å². The molecule has 1 unspecified atom stereocenters. The number of hydrogen-bond acceptors (Lipinski definition) is 3. The average molecular weight is 156 g/mol. The van der Waals surface area contributed by atoms with Gasteiger partial charge in [0, 0.05) is 0 Å². The van der Waals surface area contributed by atoms with E-state index in [1.54, 1.807) is 13.2 Å². The number of hydrogen-bond donors (Lipinski definition) is 0. The summed E-state index contributed by atoms with van der Waals surface area (Å²) in [4.78, 5) is 11.1. The highest BCUT2D eigenvalue weighted by Crippen LogP contribution is 2.12. The number of ether oxygens (including phenoxy) is 2. The molecule has 1 rings (SSSR count). The van der Waals surface area contributed by atoms with Crippen molar-refractivity contribution in [2.75, 3.05) is 13.2 Å². The minimum atomic E-state index is -0.156. The van der Waals surface area contributed by atoms with Gasteiger partial charge in [0.1, 0.15) is 6.61 Å². The molecule has 0 radical (unpaired) electrons. The smallest absolute Gasteiger partial charge is 0.312 e. The Morgan fingerprint density at radius 2 is 2.64 bits per heavy atom. The van der Waals surface area contributed by atoms with Crippen LogP contribution >= 0.6 is 0 Å². The standard InChI is InChI=1S/C8H12O3/c1-2-11-8(9)7-4-3-5-10-6-7/h3,5,7H,2,4,6H2,1H3. The van der Waals surface area contributed by atoms with Gasteiger partial charge in [-0.3, -0.25) is 4.79 Å². The molecule has 0 spiro atoms. The van der Waals surface area contributed by atoms with Crippen LogP contribution in [0.5, 0.6) is 0 Å². The van der Waals surface area contributed by atoms with E-state index in [0.29, 0.717) is 13.2 Å². The Morgan fingerprint density at radius 1 is 1.82 bits per heavy atom. The van der Waals surface area contributed by atoms with Gasteiger partial charge in [0.05, 0.1) is 18.8 Å². The van der Waals surface area contributed by atoms with Gasteiger partial charge in [-0.2, -0.15) is 0 Å². The van der Waals surface area contributed by atoms with Gasteiger partial charge in [-0.25, -0.2) is 0 Å². The fraction of sp³-hybridized carbons (Fsp3) is 0.625. The number of allylic oxidation sites excluding steroid dienone is 1.